The third-order valence-electron chi connectivity index (χ3n) is 5.29. The molecule has 12 heteroatoms. The molecular weight excluding hydrogens is 547 g/mol. The second-order valence-corrected chi connectivity index (χ2v) is 13.8. The van der Waals surface area contributed by atoms with Crippen LogP contribution in [0, 0.1) is 10.8 Å². The fourth-order valence-electron chi connectivity index (χ4n) is 3.08. The van der Waals surface area contributed by atoms with Crippen molar-refractivity contribution in [1.29, 1.82) is 0 Å². The molecule has 214 valence electrons. The van der Waals surface area contributed by atoms with Crippen molar-refractivity contribution in [2.75, 3.05) is 0 Å². The van der Waals surface area contributed by atoms with Crippen LogP contribution in [0.15, 0.2) is 60.7 Å². The Morgan fingerprint density at radius 1 is 0.846 bits per heavy atom. The average Bonchev–Trinajstić information content (AvgIpc) is 2.82. The fourth-order valence-corrected chi connectivity index (χ4v) is 4.46. The highest BCUT2D eigenvalue weighted by atomic mass is 32.2. The van der Waals surface area contributed by atoms with E-state index in [4.69, 9.17) is 18.9 Å². The van der Waals surface area contributed by atoms with E-state index in [0.29, 0.717) is 5.75 Å². The van der Waals surface area contributed by atoms with Crippen molar-refractivity contribution in [3.05, 3.63) is 66.2 Å². The summed E-state index contributed by atoms with van der Waals surface area (Å²) in [5, 5.41) is 0. The molecule has 0 saturated heterocycles. The zero-order valence-electron chi connectivity index (χ0n) is 22.8. The molecule has 0 aliphatic heterocycles. The Kier molecular flexibility index (Phi) is 10.8. The number of carbonyl (C=O) groups excluding carboxylic acids is 2. The number of ether oxygens (including phenoxy) is 4. The van der Waals surface area contributed by atoms with Gasteiger partial charge in [-0.05, 0) is 59.2 Å². The summed E-state index contributed by atoms with van der Waals surface area (Å²) in [6.45, 7) is 6.85. The molecule has 0 amide bonds. The Morgan fingerprint density at radius 2 is 1.31 bits per heavy atom. The van der Waals surface area contributed by atoms with E-state index in [2.05, 4.69) is 0 Å². The van der Waals surface area contributed by atoms with Gasteiger partial charge < -0.3 is 14.2 Å². The summed E-state index contributed by atoms with van der Waals surface area (Å²) in [4.78, 5) is 25.2. The molecule has 0 fully saturated rings. The molecule has 0 bridgehead atoms. The third-order valence-corrected chi connectivity index (χ3v) is 7.84. The normalized spacial score (nSPS) is 14.9. The Balaban J connectivity index is 2.52. The van der Waals surface area contributed by atoms with E-state index in [1.54, 1.807) is 60.7 Å². The Bertz CT molecular complexity index is 1150. The molecule has 0 saturated carbocycles. The minimum absolute atomic E-state index is 0.125. The summed E-state index contributed by atoms with van der Waals surface area (Å²) in [5.41, 5.74) is -1.45. The number of esters is 2. The smallest absolute Gasteiger partial charge is 0.367 e. The Hall–Kier alpha value is -2.85. The lowest BCUT2D eigenvalue weighted by molar-refractivity contribution is -0.285. The first-order chi connectivity index (χ1) is 18.0. The number of para-hydroxylation sites is 1. The van der Waals surface area contributed by atoms with Crippen molar-refractivity contribution in [2.24, 2.45) is 10.8 Å². The van der Waals surface area contributed by atoms with Gasteiger partial charge in [-0.25, -0.2) is 0 Å². The summed E-state index contributed by atoms with van der Waals surface area (Å²) in [6, 6.07) is 17.4. The highest BCUT2D eigenvalue weighted by molar-refractivity contribution is 7.91. The van der Waals surface area contributed by atoms with Crippen LogP contribution in [0.2, 0.25) is 0 Å². The largest absolute Gasteiger partial charge is 0.490 e. The molecule has 1 N–H and O–H groups in total. The van der Waals surface area contributed by atoms with E-state index in [-0.39, 0.29) is 6.42 Å². The summed E-state index contributed by atoms with van der Waals surface area (Å²) in [6.07, 6.45) is -1.59. The second kappa shape index (κ2) is 13.0. The molecule has 0 aliphatic carbocycles. The topological polar surface area (TPSA) is 142 Å². The first kappa shape index (κ1) is 32.4. The molecule has 0 radical (unpaired) electrons. The number of carbonyl (C=O) groups is 2. The third kappa shape index (κ3) is 9.69. The fraction of sp³-hybridized carbons (Fsp3) is 0.481. The van der Waals surface area contributed by atoms with Crippen LogP contribution in [0.3, 0.4) is 0 Å². The lowest BCUT2D eigenvalue weighted by Crippen LogP contribution is -2.47. The molecule has 10 nitrogen and oxygen atoms in total. The molecular formula is C27H35O10PS. The van der Waals surface area contributed by atoms with E-state index in [1.165, 1.54) is 41.5 Å². The lowest BCUT2D eigenvalue weighted by Gasteiger charge is -2.33. The van der Waals surface area contributed by atoms with Gasteiger partial charge in [0, 0.05) is 12.8 Å². The first-order valence-electron chi connectivity index (χ1n) is 12.1. The highest BCUT2D eigenvalue weighted by Crippen LogP contribution is 2.39. The monoisotopic (exact) mass is 582 g/mol. The maximum Gasteiger partial charge on any atom is 0.367 e. The van der Waals surface area contributed by atoms with Gasteiger partial charge in [0.25, 0.3) is 4.67 Å². The van der Waals surface area contributed by atoms with Gasteiger partial charge >= 0.3 is 28.5 Å². The van der Waals surface area contributed by atoms with Crippen LogP contribution in [0.5, 0.6) is 5.75 Å². The van der Waals surface area contributed by atoms with E-state index in [9.17, 15) is 27.1 Å². The zero-order chi connectivity index (χ0) is 29.5. The number of hydrogen-bond acceptors (Lipinski definition) is 9. The van der Waals surface area contributed by atoms with E-state index in [1.807, 2.05) is 0 Å². The zero-order valence-corrected chi connectivity index (χ0v) is 24.5. The maximum absolute atomic E-state index is 12.7. The van der Waals surface area contributed by atoms with Crippen LogP contribution < -0.4 is 4.74 Å². The molecule has 39 heavy (non-hydrogen) atoms. The maximum atomic E-state index is 12.7. The molecule has 2 aromatic rings. The second-order valence-electron chi connectivity index (χ2n) is 10.9. The van der Waals surface area contributed by atoms with Gasteiger partial charge in [0.1, 0.15) is 11.9 Å². The van der Waals surface area contributed by atoms with Gasteiger partial charge in [-0.1, -0.05) is 48.5 Å². The number of rotatable bonds is 12. The summed E-state index contributed by atoms with van der Waals surface area (Å²) < 4.78 is 67.1. The van der Waals surface area contributed by atoms with Gasteiger partial charge in [0.2, 0.25) is 8.46 Å². The van der Waals surface area contributed by atoms with Crippen molar-refractivity contribution in [1.82, 2.24) is 0 Å². The minimum Gasteiger partial charge on any atom is -0.490 e. The molecule has 2 rings (SSSR count). The van der Waals surface area contributed by atoms with Crippen molar-refractivity contribution >= 4 is 30.5 Å². The van der Waals surface area contributed by atoms with Crippen LogP contribution in [0.1, 0.15) is 53.5 Å². The van der Waals surface area contributed by atoms with Crippen molar-refractivity contribution < 1.29 is 46.1 Å². The van der Waals surface area contributed by atoms with Gasteiger partial charge in [-0.2, -0.15) is 8.42 Å². The van der Waals surface area contributed by atoms with Gasteiger partial charge in [0.05, 0.1) is 10.8 Å². The predicted octanol–water partition coefficient (Wildman–Crippen LogP) is 5.38. The predicted molar refractivity (Wildman–Crippen MR) is 143 cm³/mol. The summed E-state index contributed by atoms with van der Waals surface area (Å²) >= 11 is 0. The van der Waals surface area contributed by atoms with Crippen molar-refractivity contribution in [3.63, 3.8) is 0 Å². The molecule has 2 atom stereocenters. The minimum atomic E-state index is -5.30. The highest BCUT2D eigenvalue weighted by Gasteiger charge is 2.52. The van der Waals surface area contributed by atoms with Crippen molar-refractivity contribution in [3.8, 4) is 5.75 Å². The molecule has 0 heterocycles. The van der Waals surface area contributed by atoms with Crippen LogP contribution in [0.25, 0.3) is 0 Å². The number of benzene rings is 2. The molecule has 2 aromatic carbocycles. The van der Waals surface area contributed by atoms with E-state index in [0.717, 1.165) is 5.56 Å². The summed E-state index contributed by atoms with van der Waals surface area (Å²) in [5.74, 6) is -1.43. The molecule has 1 unspecified atom stereocenters. The van der Waals surface area contributed by atoms with Crippen LogP contribution in [0.4, 0.5) is 0 Å². The van der Waals surface area contributed by atoms with Gasteiger partial charge in [-0.3, -0.25) is 23.4 Å². The van der Waals surface area contributed by atoms with Gasteiger partial charge in [-0.15, -0.1) is 0 Å². The van der Waals surface area contributed by atoms with Crippen LogP contribution in [-0.4, -0.2) is 42.2 Å². The first-order valence-corrected chi connectivity index (χ1v) is 14.4. The average molecular weight is 583 g/mol. The molecule has 0 spiro atoms. The Labute approximate surface area is 230 Å². The van der Waals surface area contributed by atoms with Gasteiger partial charge in [0.15, 0.2) is 0 Å². The molecule has 0 aliphatic rings. The van der Waals surface area contributed by atoms with E-state index < -0.39 is 65.0 Å². The quantitative estimate of drug-likeness (QED) is 0.150. The summed E-state index contributed by atoms with van der Waals surface area (Å²) in [7, 11) is -6.52. The lowest BCUT2D eigenvalue weighted by atomic mass is 9.97. The standard InChI is InChI=1S/C27H35O10PS/c1-25(2,3)22(28)35-24(36-23(29)26(4,5)6)37-27(38-30,39(31,32)33)18-21(17-19-13-9-7-10-14-19)34-20-15-11-8-12-16-20/h7-16,21,24H,17-18H2,1-6H3,(H,31,32,33)/t21?,27-/m0/s1. The van der Waals surface area contributed by atoms with E-state index >= 15 is 0 Å². The molecule has 0 aromatic heterocycles. The van der Waals surface area contributed by atoms with Crippen LogP contribution >= 0.6 is 8.46 Å². The number of hydrogen-bond donors (Lipinski definition) is 1. The SMILES string of the molecule is CC(C)(C)C(=O)OC(OC(=O)C(C)(C)C)O[C@@](CC(Cc1ccccc1)Oc1ccccc1)(P=O)S(=O)(=O)O. The van der Waals surface area contributed by atoms with Crippen molar-refractivity contribution in [2.45, 2.75) is 71.6 Å². The Morgan fingerprint density at radius 3 is 1.72 bits per heavy atom. The van der Waals surface area contributed by atoms with Crippen LogP contribution in [-0.2, 0) is 44.9 Å².